The van der Waals surface area contributed by atoms with E-state index in [-0.39, 0.29) is 19.4 Å². The van der Waals surface area contributed by atoms with E-state index >= 15 is 0 Å². The highest BCUT2D eigenvalue weighted by molar-refractivity contribution is 5.98. The van der Waals surface area contributed by atoms with Gasteiger partial charge >= 0.3 is 5.97 Å². The first kappa shape index (κ1) is 21.8. The average molecular weight is 424 g/mol. The normalized spacial score (nSPS) is 11.8. The maximum Gasteiger partial charge on any atom is 0.303 e. The van der Waals surface area contributed by atoms with Gasteiger partial charge in [-0.3, -0.25) is 14.4 Å². The van der Waals surface area contributed by atoms with Crippen LogP contribution in [-0.4, -0.2) is 33.5 Å². The van der Waals surface area contributed by atoms with Crippen molar-refractivity contribution in [1.82, 2.24) is 4.57 Å². The number of carbonyl (C=O) groups excluding carboxylic acids is 2. The molecule has 0 aliphatic carbocycles. The third kappa shape index (κ3) is 5.40. The van der Waals surface area contributed by atoms with Crippen molar-refractivity contribution in [3.05, 3.63) is 59.8 Å². The van der Waals surface area contributed by atoms with Gasteiger partial charge in [-0.15, -0.1) is 0 Å². The molecule has 0 saturated carbocycles. The van der Waals surface area contributed by atoms with E-state index in [2.05, 4.69) is 5.32 Å². The van der Waals surface area contributed by atoms with Gasteiger partial charge in [-0.1, -0.05) is 12.1 Å². The molecule has 0 unspecified atom stereocenters. The van der Waals surface area contributed by atoms with Crippen LogP contribution in [0.5, 0.6) is 5.75 Å². The molecule has 0 saturated heterocycles. The Hall–Kier alpha value is -3.85. The molecule has 2 amide bonds. The Morgan fingerprint density at radius 1 is 1.16 bits per heavy atom. The lowest BCUT2D eigenvalue weighted by Crippen LogP contribution is -2.36. The number of hydrogen-bond acceptors (Lipinski definition) is 5. The monoisotopic (exact) mass is 424 g/mol. The summed E-state index contributed by atoms with van der Waals surface area (Å²) in [5, 5.41) is 12.2. The Labute approximate surface area is 178 Å². The molecule has 9 nitrogen and oxygen atoms in total. The highest BCUT2D eigenvalue weighted by atomic mass is 16.5. The average Bonchev–Trinajstić information content (AvgIpc) is 3.07. The molecule has 1 aromatic heterocycles. The summed E-state index contributed by atoms with van der Waals surface area (Å²) in [4.78, 5) is 34.2. The number of amides is 2. The molecule has 0 radical (unpaired) electrons. The lowest BCUT2D eigenvalue weighted by atomic mass is 10.1. The summed E-state index contributed by atoms with van der Waals surface area (Å²) in [6.07, 6.45) is -0.113. The van der Waals surface area contributed by atoms with Crippen LogP contribution in [0.2, 0.25) is 0 Å². The van der Waals surface area contributed by atoms with Crippen molar-refractivity contribution in [2.45, 2.75) is 25.5 Å². The van der Waals surface area contributed by atoms with Crippen molar-refractivity contribution < 1.29 is 24.2 Å². The number of carboxylic acids is 1. The van der Waals surface area contributed by atoms with Gasteiger partial charge in [-0.2, -0.15) is 0 Å². The van der Waals surface area contributed by atoms with Crippen molar-refractivity contribution in [1.29, 1.82) is 0 Å². The number of fused-ring (bicyclic) bond motifs is 1. The minimum Gasteiger partial charge on any atom is -0.489 e. The number of aryl methyl sites for hydroxylation is 1. The maximum atomic E-state index is 12.1. The molecule has 162 valence electrons. The van der Waals surface area contributed by atoms with Crippen molar-refractivity contribution in [3.63, 3.8) is 0 Å². The van der Waals surface area contributed by atoms with Crippen LogP contribution in [0.25, 0.3) is 10.9 Å². The minimum absolute atomic E-state index is 0.0589. The summed E-state index contributed by atoms with van der Waals surface area (Å²) in [6.45, 7) is 0.260. The quantitative estimate of drug-likeness (QED) is 0.413. The number of hydrogen-bond donors (Lipinski definition) is 4. The second-order valence-corrected chi connectivity index (χ2v) is 7.19. The summed E-state index contributed by atoms with van der Waals surface area (Å²) >= 11 is 0. The van der Waals surface area contributed by atoms with Crippen LogP contribution >= 0.6 is 0 Å². The summed E-state index contributed by atoms with van der Waals surface area (Å²) in [5.74, 6) is -1.32. The Balaban J connectivity index is 1.64. The van der Waals surface area contributed by atoms with Crippen LogP contribution < -0.4 is 21.5 Å². The maximum absolute atomic E-state index is 12.1. The van der Waals surface area contributed by atoms with Crippen molar-refractivity contribution in [3.8, 4) is 5.75 Å². The smallest absolute Gasteiger partial charge is 0.303 e. The molecule has 1 atom stereocenters. The zero-order valence-corrected chi connectivity index (χ0v) is 17.0. The predicted octanol–water partition coefficient (Wildman–Crippen LogP) is 1.99. The number of aromatic nitrogens is 1. The predicted molar refractivity (Wildman–Crippen MR) is 116 cm³/mol. The van der Waals surface area contributed by atoms with Gasteiger partial charge in [0, 0.05) is 30.1 Å². The largest absolute Gasteiger partial charge is 0.489 e. The van der Waals surface area contributed by atoms with E-state index in [1.165, 1.54) is 0 Å². The summed E-state index contributed by atoms with van der Waals surface area (Å²) in [6, 6.07) is 13.4. The second-order valence-electron chi connectivity index (χ2n) is 7.19. The van der Waals surface area contributed by atoms with Gasteiger partial charge in [-0.05, 0) is 48.4 Å². The molecule has 0 bridgehead atoms. The highest BCUT2D eigenvalue weighted by Gasteiger charge is 2.15. The molecule has 0 aliphatic rings. The van der Waals surface area contributed by atoms with E-state index in [4.69, 9.17) is 21.3 Å². The van der Waals surface area contributed by atoms with Crippen LogP contribution in [0.4, 0.5) is 5.69 Å². The number of anilines is 1. The molecular formula is C22H24N4O5. The number of rotatable bonds is 9. The van der Waals surface area contributed by atoms with Crippen LogP contribution in [-0.2, 0) is 23.2 Å². The highest BCUT2D eigenvalue weighted by Crippen LogP contribution is 2.24. The number of benzene rings is 2. The fraction of sp³-hybridized carbons (Fsp3) is 0.227. The van der Waals surface area contributed by atoms with Gasteiger partial charge < -0.3 is 31.2 Å². The summed E-state index contributed by atoms with van der Waals surface area (Å²) in [7, 11) is 1.77. The van der Waals surface area contributed by atoms with Gasteiger partial charge in [0.05, 0.1) is 6.04 Å². The first-order valence-electron chi connectivity index (χ1n) is 9.64. The van der Waals surface area contributed by atoms with Crippen LogP contribution in [0.1, 0.15) is 28.9 Å². The lowest BCUT2D eigenvalue weighted by molar-refractivity contribution is -0.137. The molecular weight excluding hydrogens is 400 g/mol. The number of nitrogens with two attached hydrogens (primary N) is 2. The fourth-order valence-corrected chi connectivity index (χ4v) is 3.20. The molecule has 3 rings (SSSR count). The van der Waals surface area contributed by atoms with E-state index in [1.54, 1.807) is 41.9 Å². The third-order valence-electron chi connectivity index (χ3n) is 4.87. The zero-order chi connectivity index (χ0) is 22.5. The number of ether oxygens (including phenoxy) is 1. The Bertz CT molecular complexity index is 1140. The topological polar surface area (TPSA) is 150 Å². The van der Waals surface area contributed by atoms with E-state index in [0.29, 0.717) is 17.1 Å². The number of nitrogens with one attached hydrogen (secondary N) is 1. The lowest BCUT2D eigenvalue weighted by Gasteiger charge is -2.12. The SMILES string of the molecule is Cn1c(C(N)=O)cc2cc(OCc3cccc(NC(=O)[C@@H](N)CCC(=O)O)c3)ccc21. The Morgan fingerprint density at radius 3 is 2.65 bits per heavy atom. The molecule has 0 aliphatic heterocycles. The number of carbonyl (C=O) groups is 3. The van der Waals surface area contributed by atoms with Gasteiger partial charge in [0.1, 0.15) is 18.1 Å². The van der Waals surface area contributed by atoms with Crippen LogP contribution in [0, 0.1) is 0 Å². The zero-order valence-electron chi connectivity index (χ0n) is 17.0. The minimum atomic E-state index is -0.998. The molecule has 9 heteroatoms. The van der Waals surface area contributed by atoms with Crippen molar-refractivity contribution >= 4 is 34.4 Å². The molecule has 0 fully saturated rings. The number of nitrogens with zero attached hydrogens (tertiary/aromatic N) is 1. The molecule has 2 aromatic carbocycles. The van der Waals surface area contributed by atoms with E-state index in [1.807, 2.05) is 18.2 Å². The van der Waals surface area contributed by atoms with E-state index in [9.17, 15) is 14.4 Å². The van der Waals surface area contributed by atoms with Gasteiger partial charge in [0.25, 0.3) is 5.91 Å². The molecule has 0 spiro atoms. The van der Waals surface area contributed by atoms with Crippen LogP contribution in [0.15, 0.2) is 48.5 Å². The third-order valence-corrected chi connectivity index (χ3v) is 4.87. The number of aliphatic carboxylic acids is 1. The molecule has 31 heavy (non-hydrogen) atoms. The molecule has 1 heterocycles. The van der Waals surface area contributed by atoms with Gasteiger partial charge in [-0.25, -0.2) is 0 Å². The summed E-state index contributed by atoms with van der Waals surface area (Å²) in [5.41, 5.74) is 13.8. The first-order valence-corrected chi connectivity index (χ1v) is 9.64. The van der Waals surface area contributed by atoms with E-state index < -0.39 is 23.8 Å². The fourth-order valence-electron chi connectivity index (χ4n) is 3.20. The van der Waals surface area contributed by atoms with Crippen molar-refractivity contribution in [2.75, 3.05) is 5.32 Å². The Morgan fingerprint density at radius 2 is 1.94 bits per heavy atom. The van der Waals surface area contributed by atoms with Gasteiger partial charge in [0.15, 0.2) is 0 Å². The number of carboxylic acid groups (broad SMARTS) is 1. The van der Waals surface area contributed by atoms with Gasteiger partial charge in [0.2, 0.25) is 5.91 Å². The van der Waals surface area contributed by atoms with Crippen molar-refractivity contribution in [2.24, 2.45) is 18.5 Å². The second kappa shape index (κ2) is 9.31. The molecule has 6 N–H and O–H groups in total. The molecule has 3 aromatic rings. The van der Waals surface area contributed by atoms with E-state index in [0.717, 1.165) is 16.5 Å². The van der Waals surface area contributed by atoms with Crippen LogP contribution in [0.3, 0.4) is 0 Å². The standard InChI is InChI=1S/C22H24N4O5/c1-26-18-7-5-16(10-14(18)11-19(26)21(24)29)31-12-13-3-2-4-15(9-13)25-22(30)17(23)6-8-20(27)28/h2-5,7,9-11,17H,6,8,12,23H2,1H3,(H2,24,29)(H,25,30)(H,27,28)/t17-/m0/s1. The first-order chi connectivity index (χ1) is 14.7. The summed E-state index contributed by atoms with van der Waals surface area (Å²) < 4.78 is 7.58. The Kier molecular flexibility index (Phi) is 6.56. The number of primary amides is 1.